The third-order valence-electron chi connectivity index (χ3n) is 5.05. The minimum atomic E-state index is -1.08. The van der Waals surface area contributed by atoms with Crippen LogP contribution in [0.25, 0.3) is 22.5 Å². The molecule has 0 aliphatic rings. The van der Waals surface area contributed by atoms with E-state index in [4.69, 9.17) is 11.6 Å². The first-order valence-corrected chi connectivity index (χ1v) is 10.4. The number of hydrogen-bond acceptors (Lipinski definition) is 5. The molecular weight excluding hydrogens is 416 g/mol. The number of unbranched alkanes of at least 4 members (excludes halogenated alkanes) is 1. The number of hydrogen-bond donors (Lipinski definition) is 2. The summed E-state index contributed by atoms with van der Waals surface area (Å²) in [5, 5.41) is 24.0. The van der Waals surface area contributed by atoms with Crippen molar-refractivity contribution in [3.63, 3.8) is 0 Å². The summed E-state index contributed by atoms with van der Waals surface area (Å²) in [7, 11) is 0. The topological polar surface area (TPSA) is 110 Å². The zero-order valence-corrected chi connectivity index (χ0v) is 17.7. The van der Waals surface area contributed by atoms with Gasteiger partial charge in [0.1, 0.15) is 5.82 Å². The van der Waals surface area contributed by atoms with Crippen molar-refractivity contribution in [2.75, 3.05) is 0 Å². The Morgan fingerprint density at radius 1 is 1.16 bits per heavy atom. The number of carboxylic acid groups (broad SMARTS) is 1. The van der Waals surface area contributed by atoms with E-state index >= 15 is 0 Å². The molecule has 0 fully saturated rings. The van der Waals surface area contributed by atoms with Gasteiger partial charge in [-0.2, -0.15) is 5.21 Å². The van der Waals surface area contributed by atoms with E-state index in [1.165, 1.54) is 0 Å². The highest BCUT2D eigenvalue weighted by molar-refractivity contribution is 6.32. The van der Waals surface area contributed by atoms with Crippen LogP contribution in [0.5, 0.6) is 0 Å². The van der Waals surface area contributed by atoms with Crippen LogP contribution in [0.15, 0.2) is 48.5 Å². The van der Waals surface area contributed by atoms with E-state index < -0.39 is 5.97 Å². The fraction of sp³-hybridized carbons (Fsp3) is 0.227. The van der Waals surface area contributed by atoms with Crippen LogP contribution >= 0.6 is 11.6 Å². The molecule has 8 nitrogen and oxygen atoms in total. The van der Waals surface area contributed by atoms with E-state index in [9.17, 15) is 9.90 Å². The van der Waals surface area contributed by atoms with Gasteiger partial charge in [0, 0.05) is 18.5 Å². The van der Waals surface area contributed by atoms with Crippen LogP contribution in [0, 0.1) is 0 Å². The van der Waals surface area contributed by atoms with Gasteiger partial charge in [-0.3, -0.25) is 0 Å². The summed E-state index contributed by atoms with van der Waals surface area (Å²) < 4.78 is 1.70. The van der Waals surface area contributed by atoms with Gasteiger partial charge in [-0.15, -0.1) is 10.2 Å². The number of tetrazole rings is 1. The largest absolute Gasteiger partial charge is 0.476 e. The summed E-state index contributed by atoms with van der Waals surface area (Å²) in [5.74, 6) is 0.109. The molecule has 2 aromatic heterocycles. The lowest BCUT2D eigenvalue weighted by Crippen LogP contribution is -2.13. The molecule has 2 N–H and O–H groups in total. The zero-order valence-electron chi connectivity index (χ0n) is 16.9. The minimum absolute atomic E-state index is 0.0189. The molecule has 0 spiro atoms. The van der Waals surface area contributed by atoms with E-state index in [1.807, 2.05) is 48.5 Å². The Kier molecular flexibility index (Phi) is 6.08. The Bertz CT molecular complexity index is 1200. The van der Waals surface area contributed by atoms with Crippen molar-refractivity contribution in [2.45, 2.75) is 32.7 Å². The van der Waals surface area contributed by atoms with Gasteiger partial charge < -0.3 is 9.67 Å². The van der Waals surface area contributed by atoms with Crippen molar-refractivity contribution in [1.29, 1.82) is 0 Å². The number of rotatable bonds is 8. The Morgan fingerprint density at radius 3 is 2.68 bits per heavy atom. The zero-order chi connectivity index (χ0) is 21.8. The quantitative estimate of drug-likeness (QED) is 0.421. The predicted molar refractivity (Wildman–Crippen MR) is 117 cm³/mol. The Balaban J connectivity index is 1.73. The Labute approximate surface area is 183 Å². The minimum Gasteiger partial charge on any atom is -0.476 e. The van der Waals surface area contributed by atoms with Crippen LogP contribution in [-0.2, 0) is 13.0 Å². The molecule has 158 valence electrons. The van der Waals surface area contributed by atoms with Gasteiger partial charge in [0.15, 0.2) is 10.8 Å². The number of aromatic amines is 1. The maximum Gasteiger partial charge on any atom is 0.355 e. The molecule has 0 atom stereocenters. The number of halogens is 1. The molecular formula is C22H21ClN6O2. The van der Waals surface area contributed by atoms with Crippen LogP contribution in [0.3, 0.4) is 0 Å². The summed E-state index contributed by atoms with van der Waals surface area (Å²) >= 11 is 6.16. The number of H-pyrrole nitrogens is 1. The predicted octanol–water partition coefficient (Wildman–Crippen LogP) is 4.47. The van der Waals surface area contributed by atoms with Gasteiger partial charge in [0.05, 0.1) is 0 Å². The number of nitrogens with one attached hydrogen (secondary N) is 1. The molecule has 0 aliphatic heterocycles. The average molecular weight is 437 g/mol. The summed E-state index contributed by atoms with van der Waals surface area (Å²) in [6.45, 7) is 2.44. The fourth-order valence-corrected chi connectivity index (χ4v) is 3.87. The van der Waals surface area contributed by atoms with Crippen molar-refractivity contribution >= 4 is 17.6 Å². The number of carboxylic acids is 1. The van der Waals surface area contributed by atoms with Crippen molar-refractivity contribution in [2.24, 2.45) is 0 Å². The maximum absolute atomic E-state index is 11.8. The summed E-state index contributed by atoms with van der Waals surface area (Å²) in [4.78, 5) is 16.1. The number of imidazole rings is 1. The monoisotopic (exact) mass is 436 g/mol. The highest BCUT2D eigenvalue weighted by atomic mass is 35.5. The van der Waals surface area contributed by atoms with Crippen LogP contribution in [0.1, 0.15) is 41.6 Å². The number of aromatic nitrogens is 6. The smallest absolute Gasteiger partial charge is 0.355 e. The second-order valence-electron chi connectivity index (χ2n) is 7.14. The molecule has 0 amide bonds. The highest BCUT2D eigenvalue weighted by Gasteiger charge is 2.21. The summed E-state index contributed by atoms with van der Waals surface area (Å²) in [5.41, 5.74) is 3.74. The lowest BCUT2D eigenvalue weighted by molar-refractivity contribution is 0.0685. The van der Waals surface area contributed by atoms with E-state index in [2.05, 4.69) is 32.5 Å². The van der Waals surface area contributed by atoms with Crippen LogP contribution < -0.4 is 0 Å². The van der Waals surface area contributed by atoms with Crippen LogP contribution in [0.2, 0.25) is 5.15 Å². The van der Waals surface area contributed by atoms with Crippen molar-refractivity contribution < 1.29 is 9.90 Å². The second-order valence-corrected chi connectivity index (χ2v) is 7.50. The molecule has 0 bridgehead atoms. The van der Waals surface area contributed by atoms with Gasteiger partial charge in [-0.1, -0.05) is 67.4 Å². The molecule has 9 heteroatoms. The number of aryl methyl sites for hydroxylation is 1. The van der Waals surface area contributed by atoms with Crippen molar-refractivity contribution in [1.82, 2.24) is 30.2 Å². The van der Waals surface area contributed by atoms with Gasteiger partial charge in [-0.25, -0.2) is 9.78 Å². The molecule has 31 heavy (non-hydrogen) atoms. The van der Waals surface area contributed by atoms with Gasteiger partial charge in [0.25, 0.3) is 0 Å². The summed E-state index contributed by atoms with van der Waals surface area (Å²) in [6.07, 6.45) is 2.56. The lowest BCUT2D eigenvalue weighted by Gasteiger charge is -2.12. The SMILES string of the molecule is CCCCc1nc(Cl)c(C(=O)O)n1Cc1cccc(-c2ccccc2-c2nn[nH]n2)c1. The number of nitrogens with zero attached hydrogens (tertiary/aromatic N) is 5. The van der Waals surface area contributed by atoms with Gasteiger partial charge in [0.2, 0.25) is 5.82 Å². The first-order chi connectivity index (χ1) is 15.1. The average Bonchev–Trinajstić information content (AvgIpc) is 3.41. The molecule has 2 heterocycles. The van der Waals surface area contributed by atoms with Crippen LogP contribution in [-0.4, -0.2) is 41.3 Å². The first-order valence-electron chi connectivity index (χ1n) is 9.98. The van der Waals surface area contributed by atoms with Crippen LogP contribution in [0.4, 0.5) is 0 Å². The molecule has 4 aromatic rings. The van der Waals surface area contributed by atoms with Crippen molar-refractivity contribution in [3.05, 3.63) is 70.8 Å². The van der Waals surface area contributed by atoms with Crippen molar-refractivity contribution in [3.8, 4) is 22.5 Å². The molecule has 4 rings (SSSR count). The molecule has 0 aliphatic carbocycles. The normalized spacial score (nSPS) is 11.0. The van der Waals surface area contributed by atoms with E-state index in [0.29, 0.717) is 24.6 Å². The number of aromatic carboxylic acids is 1. The number of benzene rings is 2. The Morgan fingerprint density at radius 2 is 1.97 bits per heavy atom. The van der Waals surface area contributed by atoms with Gasteiger partial charge in [-0.05, 0) is 34.4 Å². The molecule has 0 unspecified atom stereocenters. The molecule has 0 saturated heterocycles. The Hall–Kier alpha value is -3.52. The highest BCUT2D eigenvalue weighted by Crippen LogP contribution is 2.30. The second kappa shape index (κ2) is 9.09. The fourth-order valence-electron chi connectivity index (χ4n) is 3.59. The standard InChI is InChI=1S/C22H21ClN6O2/c1-2-3-11-18-24-20(23)19(22(30)31)29(18)13-14-7-6-8-15(12-14)16-9-4-5-10-17(16)21-25-27-28-26-21/h4-10,12H,2-3,11,13H2,1H3,(H,30,31)(H,25,26,27,28). The van der Waals surface area contributed by atoms with Gasteiger partial charge >= 0.3 is 5.97 Å². The molecule has 2 aromatic carbocycles. The first kappa shape index (κ1) is 20.7. The van der Waals surface area contributed by atoms with E-state index in [1.54, 1.807) is 4.57 Å². The maximum atomic E-state index is 11.8. The third-order valence-corrected chi connectivity index (χ3v) is 5.32. The van der Waals surface area contributed by atoms with E-state index in [0.717, 1.165) is 35.1 Å². The molecule has 0 radical (unpaired) electrons. The lowest BCUT2D eigenvalue weighted by atomic mass is 9.97. The number of carbonyl (C=O) groups is 1. The third kappa shape index (κ3) is 4.34. The molecule has 0 saturated carbocycles. The van der Waals surface area contributed by atoms with E-state index in [-0.39, 0.29) is 10.8 Å². The summed E-state index contributed by atoms with van der Waals surface area (Å²) in [6, 6.07) is 15.7.